The predicted molar refractivity (Wildman–Crippen MR) is 144 cm³/mol. The number of hydrogen-bond acceptors (Lipinski definition) is 5. The Labute approximate surface area is 214 Å². The molecular weight excluding hydrogens is 452 g/mol. The summed E-state index contributed by atoms with van der Waals surface area (Å²) in [4.78, 5) is 29.3. The van der Waals surface area contributed by atoms with Crippen LogP contribution >= 0.6 is 0 Å². The van der Waals surface area contributed by atoms with E-state index < -0.39 is 6.09 Å². The SMILES string of the molecule is Cc1cc(C2=CCN(C3CCN(CC(C)C)CC3)CC2)cc([NH+]=O)c1NC(=O)OCc1ccccc1. The van der Waals surface area contributed by atoms with Crippen molar-refractivity contribution < 1.29 is 14.7 Å². The van der Waals surface area contributed by atoms with Crippen LogP contribution in [-0.4, -0.2) is 54.7 Å². The molecule has 0 spiro atoms. The molecule has 2 aliphatic rings. The van der Waals surface area contributed by atoms with Gasteiger partial charge in [0.2, 0.25) is 0 Å². The van der Waals surface area contributed by atoms with E-state index in [0.717, 1.165) is 42.1 Å². The van der Waals surface area contributed by atoms with E-state index >= 15 is 0 Å². The van der Waals surface area contributed by atoms with Crippen LogP contribution in [0.25, 0.3) is 5.57 Å². The topological polar surface area (TPSA) is 75.9 Å². The summed E-state index contributed by atoms with van der Waals surface area (Å²) < 4.78 is 5.33. The summed E-state index contributed by atoms with van der Waals surface area (Å²) in [6.45, 7) is 12.2. The van der Waals surface area contributed by atoms with Crippen molar-refractivity contribution in [3.05, 3.63) is 70.1 Å². The Hall–Kier alpha value is -3.03. The second-order valence-corrected chi connectivity index (χ2v) is 10.4. The molecule has 4 rings (SSSR count). The van der Waals surface area contributed by atoms with Crippen LogP contribution in [0, 0.1) is 17.7 Å². The lowest BCUT2D eigenvalue weighted by atomic mass is 9.94. The van der Waals surface area contributed by atoms with Gasteiger partial charge in [-0.05, 0) is 73.5 Å². The first-order valence-electron chi connectivity index (χ1n) is 13.1. The predicted octanol–water partition coefficient (Wildman–Crippen LogP) is 4.43. The smallest absolute Gasteiger partial charge is 0.412 e. The minimum Gasteiger partial charge on any atom is -0.444 e. The molecule has 192 valence electrons. The van der Waals surface area contributed by atoms with Gasteiger partial charge < -0.3 is 9.64 Å². The molecule has 1 saturated heterocycles. The quantitative estimate of drug-likeness (QED) is 0.571. The lowest BCUT2D eigenvalue weighted by Gasteiger charge is -2.40. The molecule has 7 heteroatoms. The molecule has 0 atom stereocenters. The number of likely N-dealkylation sites (tertiary alicyclic amines) is 1. The number of rotatable bonds is 8. The average Bonchev–Trinajstić information content (AvgIpc) is 2.89. The van der Waals surface area contributed by atoms with Gasteiger partial charge in [0.25, 0.3) is 5.69 Å². The Bertz CT molecular complexity index is 1080. The van der Waals surface area contributed by atoms with E-state index in [1.807, 2.05) is 54.6 Å². The van der Waals surface area contributed by atoms with Crippen LogP contribution in [0.5, 0.6) is 0 Å². The lowest BCUT2D eigenvalue weighted by Crippen LogP contribution is -2.56. The van der Waals surface area contributed by atoms with Gasteiger partial charge in [0, 0.05) is 41.8 Å². The molecule has 2 aromatic carbocycles. The lowest BCUT2D eigenvalue weighted by molar-refractivity contribution is -0.378. The Morgan fingerprint density at radius 2 is 1.89 bits per heavy atom. The number of nitrogens with zero attached hydrogens (tertiary/aromatic N) is 2. The van der Waals surface area contributed by atoms with E-state index in [2.05, 4.69) is 35.0 Å². The molecule has 1 amide bonds. The summed E-state index contributed by atoms with van der Waals surface area (Å²) in [5.74, 6) is 0.723. The monoisotopic (exact) mass is 491 g/mol. The third-order valence-corrected chi connectivity index (χ3v) is 7.19. The molecule has 2 aromatic rings. The van der Waals surface area contributed by atoms with Gasteiger partial charge in [-0.25, -0.2) is 4.79 Å². The van der Waals surface area contributed by atoms with Crippen molar-refractivity contribution in [2.75, 3.05) is 38.0 Å². The summed E-state index contributed by atoms with van der Waals surface area (Å²) in [5.41, 5.74) is 4.81. The molecule has 1 fully saturated rings. The van der Waals surface area contributed by atoms with E-state index in [4.69, 9.17) is 4.74 Å². The molecular formula is C29H39N4O3+. The van der Waals surface area contributed by atoms with Gasteiger partial charge in [-0.1, -0.05) is 50.3 Å². The van der Waals surface area contributed by atoms with E-state index in [1.165, 1.54) is 38.0 Å². The van der Waals surface area contributed by atoms with Crippen molar-refractivity contribution in [3.63, 3.8) is 0 Å². The van der Waals surface area contributed by atoms with E-state index in [1.54, 1.807) is 0 Å². The normalized spacial score (nSPS) is 17.6. The Kier molecular flexibility index (Phi) is 8.88. The number of anilines is 1. The highest BCUT2D eigenvalue weighted by Gasteiger charge is 2.27. The molecule has 2 N–H and O–H groups in total. The number of carbonyl (C=O) groups is 1. The van der Waals surface area contributed by atoms with Crippen LogP contribution < -0.4 is 10.5 Å². The second-order valence-electron chi connectivity index (χ2n) is 10.4. The molecule has 0 unspecified atom stereocenters. The number of piperidine rings is 1. The maximum Gasteiger partial charge on any atom is 0.412 e. The number of aryl methyl sites for hydroxylation is 1. The molecule has 2 aliphatic heterocycles. The largest absolute Gasteiger partial charge is 0.444 e. The van der Waals surface area contributed by atoms with Gasteiger partial charge in [0.05, 0.1) is 0 Å². The van der Waals surface area contributed by atoms with Crippen LogP contribution in [0.15, 0.2) is 48.5 Å². The van der Waals surface area contributed by atoms with Gasteiger partial charge in [-0.3, -0.25) is 10.2 Å². The standard InChI is InChI=1S/C29H38N4O3/c1-21(2)19-32-13-11-26(12-14-32)33-15-9-24(10-16-33)25-17-22(3)28(27(18-25)31-35)30-29(34)36-20-23-7-5-4-6-8-23/h4-9,17-18,21,26H,10-16,19-20H2,1-3H3,(H,30,34)/p+1. The van der Waals surface area contributed by atoms with E-state index in [0.29, 0.717) is 17.4 Å². The molecule has 7 nitrogen and oxygen atoms in total. The Morgan fingerprint density at radius 1 is 1.14 bits per heavy atom. The number of benzene rings is 2. The molecule has 36 heavy (non-hydrogen) atoms. The fraction of sp³-hybridized carbons (Fsp3) is 0.483. The fourth-order valence-corrected chi connectivity index (χ4v) is 5.34. The number of carbonyl (C=O) groups excluding carboxylic acids is 1. The van der Waals surface area contributed by atoms with Gasteiger partial charge in [0.1, 0.15) is 12.3 Å². The maximum absolute atomic E-state index is 12.4. The third kappa shape index (κ3) is 6.80. The van der Waals surface area contributed by atoms with Crippen LogP contribution in [0.1, 0.15) is 49.8 Å². The number of hydrogen-bond donors (Lipinski definition) is 2. The third-order valence-electron chi connectivity index (χ3n) is 7.19. The van der Waals surface area contributed by atoms with Crippen molar-refractivity contribution in [1.82, 2.24) is 9.80 Å². The first kappa shape index (κ1) is 26.0. The maximum atomic E-state index is 12.4. The molecule has 0 saturated carbocycles. The number of ether oxygens (including phenoxy) is 1. The number of nitroso groups, excluding NO2 is 1. The van der Waals surface area contributed by atoms with Crippen molar-refractivity contribution in [3.8, 4) is 0 Å². The zero-order valence-electron chi connectivity index (χ0n) is 21.8. The Morgan fingerprint density at radius 3 is 2.53 bits per heavy atom. The van der Waals surface area contributed by atoms with Crippen LogP contribution in [0.2, 0.25) is 0 Å². The highest BCUT2D eigenvalue weighted by atomic mass is 16.5. The highest BCUT2D eigenvalue weighted by molar-refractivity contribution is 5.90. The van der Waals surface area contributed by atoms with Crippen molar-refractivity contribution in [2.45, 2.75) is 52.7 Å². The molecule has 0 aliphatic carbocycles. The zero-order valence-corrected chi connectivity index (χ0v) is 21.8. The molecule has 0 radical (unpaired) electrons. The summed E-state index contributed by atoms with van der Waals surface area (Å²) in [5, 5.41) is 4.75. The molecule has 0 bridgehead atoms. The van der Waals surface area contributed by atoms with Crippen molar-refractivity contribution in [1.29, 1.82) is 0 Å². The summed E-state index contributed by atoms with van der Waals surface area (Å²) in [7, 11) is 0. The minimum absolute atomic E-state index is 0.171. The minimum atomic E-state index is -0.585. The second kappa shape index (κ2) is 12.3. The van der Waals surface area contributed by atoms with Crippen LogP contribution in [-0.2, 0) is 11.3 Å². The van der Waals surface area contributed by atoms with Crippen LogP contribution in [0.4, 0.5) is 16.2 Å². The summed E-state index contributed by atoms with van der Waals surface area (Å²) in [6.07, 6.45) is 5.14. The van der Waals surface area contributed by atoms with Gasteiger partial charge >= 0.3 is 6.09 Å². The number of nitrogens with one attached hydrogen (secondary N) is 2. The fourth-order valence-electron chi connectivity index (χ4n) is 5.34. The van der Waals surface area contributed by atoms with Gasteiger partial charge in [-0.2, -0.15) is 0 Å². The Balaban J connectivity index is 1.36. The van der Waals surface area contributed by atoms with E-state index in [-0.39, 0.29) is 6.61 Å². The van der Waals surface area contributed by atoms with Gasteiger partial charge in [-0.15, -0.1) is 0 Å². The van der Waals surface area contributed by atoms with Gasteiger partial charge in [0.15, 0.2) is 0 Å². The molecule has 0 aromatic heterocycles. The number of amides is 1. The summed E-state index contributed by atoms with van der Waals surface area (Å²) in [6, 6.07) is 14.0. The average molecular weight is 492 g/mol. The van der Waals surface area contributed by atoms with E-state index in [9.17, 15) is 9.70 Å². The first-order valence-corrected chi connectivity index (χ1v) is 13.1. The van der Waals surface area contributed by atoms with Crippen LogP contribution in [0.3, 0.4) is 0 Å². The summed E-state index contributed by atoms with van der Waals surface area (Å²) >= 11 is 0. The first-order chi connectivity index (χ1) is 17.4. The van der Waals surface area contributed by atoms with Crippen molar-refractivity contribution >= 4 is 23.0 Å². The zero-order chi connectivity index (χ0) is 25.5. The highest BCUT2D eigenvalue weighted by Crippen LogP contribution is 2.31. The van der Waals surface area contributed by atoms with Crippen molar-refractivity contribution in [2.24, 2.45) is 5.92 Å². The molecule has 2 heterocycles.